The first kappa shape index (κ1) is 15.2. The zero-order chi connectivity index (χ0) is 12.9. The van der Waals surface area contributed by atoms with Crippen molar-refractivity contribution in [1.29, 1.82) is 0 Å². The van der Waals surface area contributed by atoms with Gasteiger partial charge >= 0.3 is 0 Å². The molecule has 0 heterocycles. The highest BCUT2D eigenvalue weighted by Crippen LogP contribution is 1.96. The smallest absolute Gasteiger partial charge is 0.0334 e. The SMILES string of the molecule is C=C/C=C(\C=C/C)NC.CCc1ccccc1. The number of hydrogen-bond donors (Lipinski definition) is 1. The first-order chi connectivity index (χ1) is 8.28. The van der Waals surface area contributed by atoms with Crippen LogP contribution in [-0.2, 0) is 6.42 Å². The predicted molar refractivity (Wildman–Crippen MR) is 78.0 cm³/mol. The normalized spacial score (nSPS) is 10.6. The molecule has 0 saturated carbocycles. The molecule has 0 spiro atoms. The van der Waals surface area contributed by atoms with E-state index >= 15 is 0 Å². The molecule has 0 atom stereocenters. The Morgan fingerprint density at radius 1 is 1.29 bits per heavy atom. The molecular weight excluding hydrogens is 206 g/mol. The third kappa shape index (κ3) is 8.09. The van der Waals surface area contributed by atoms with Crippen LogP contribution in [0, 0.1) is 0 Å². The minimum absolute atomic E-state index is 1.08. The molecule has 1 aromatic rings. The molecule has 0 aliphatic heterocycles. The van der Waals surface area contributed by atoms with Crippen molar-refractivity contribution in [3.8, 4) is 0 Å². The van der Waals surface area contributed by atoms with E-state index < -0.39 is 0 Å². The molecule has 0 saturated heterocycles. The lowest BCUT2D eigenvalue weighted by molar-refractivity contribution is 1.03. The summed E-state index contributed by atoms with van der Waals surface area (Å²) in [6.07, 6.45) is 8.78. The molecule has 1 rings (SSSR count). The average molecular weight is 229 g/mol. The minimum atomic E-state index is 1.08. The van der Waals surface area contributed by atoms with Gasteiger partial charge in [-0.05, 0) is 31.1 Å². The van der Waals surface area contributed by atoms with Crippen LogP contribution in [0.25, 0.3) is 0 Å². The van der Waals surface area contributed by atoms with Crippen molar-refractivity contribution >= 4 is 0 Å². The molecule has 17 heavy (non-hydrogen) atoms. The van der Waals surface area contributed by atoms with Crippen molar-refractivity contribution in [1.82, 2.24) is 5.32 Å². The maximum absolute atomic E-state index is 3.58. The van der Waals surface area contributed by atoms with E-state index in [2.05, 4.69) is 43.1 Å². The van der Waals surface area contributed by atoms with E-state index in [4.69, 9.17) is 0 Å². The monoisotopic (exact) mass is 229 g/mol. The van der Waals surface area contributed by atoms with Crippen LogP contribution in [0.4, 0.5) is 0 Å². The van der Waals surface area contributed by atoms with Gasteiger partial charge in [-0.3, -0.25) is 0 Å². The summed E-state index contributed by atoms with van der Waals surface area (Å²) < 4.78 is 0. The number of rotatable bonds is 4. The highest BCUT2D eigenvalue weighted by Gasteiger charge is 1.80. The maximum atomic E-state index is 3.58. The highest BCUT2D eigenvalue weighted by molar-refractivity contribution is 5.20. The quantitative estimate of drug-likeness (QED) is 0.766. The molecule has 0 aliphatic rings. The Labute approximate surface area is 106 Å². The molecule has 0 unspecified atom stereocenters. The second-order valence-corrected chi connectivity index (χ2v) is 3.45. The van der Waals surface area contributed by atoms with Crippen LogP contribution < -0.4 is 5.32 Å². The lowest BCUT2D eigenvalue weighted by atomic mass is 10.2. The number of allylic oxidation sites excluding steroid dienone is 4. The molecule has 0 amide bonds. The molecule has 1 heteroatoms. The predicted octanol–water partition coefficient (Wildman–Crippen LogP) is 4.10. The van der Waals surface area contributed by atoms with Gasteiger partial charge in [-0.15, -0.1) is 0 Å². The summed E-state index contributed by atoms with van der Waals surface area (Å²) in [5.41, 5.74) is 2.49. The lowest BCUT2D eigenvalue weighted by Gasteiger charge is -1.95. The Kier molecular flexibility index (Phi) is 9.64. The molecule has 0 radical (unpaired) electrons. The Bertz CT molecular complexity index is 347. The highest BCUT2D eigenvalue weighted by atomic mass is 14.8. The van der Waals surface area contributed by atoms with Gasteiger partial charge in [0.2, 0.25) is 0 Å². The fraction of sp³-hybridized carbons (Fsp3) is 0.250. The molecule has 0 aliphatic carbocycles. The lowest BCUT2D eigenvalue weighted by Crippen LogP contribution is -2.01. The van der Waals surface area contributed by atoms with Crippen molar-refractivity contribution in [3.63, 3.8) is 0 Å². The van der Waals surface area contributed by atoms with Gasteiger partial charge in [-0.25, -0.2) is 0 Å². The molecule has 92 valence electrons. The number of likely N-dealkylation sites (N-methyl/N-ethyl adjacent to an activating group) is 1. The van der Waals surface area contributed by atoms with Gasteiger partial charge in [0.1, 0.15) is 0 Å². The third-order valence-electron chi connectivity index (χ3n) is 2.18. The number of benzene rings is 1. The standard InChI is InChI=1S/C8H13N.C8H10/c1-4-6-8(9-3)7-5-2;1-2-8-6-4-3-5-7-8/h4-7,9H,1H2,2-3H3;3-7H,2H2,1H3/b7-5-,8-6+;. The number of hydrogen-bond acceptors (Lipinski definition) is 1. The van der Waals surface area contributed by atoms with E-state index in [-0.39, 0.29) is 0 Å². The zero-order valence-electron chi connectivity index (χ0n) is 11.1. The molecule has 0 fully saturated rings. The fourth-order valence-electron chi connectivity index (χ4n) is 1.24. The average Bonchev–Trinajstić information content (AvgIpc) is 2.40. The molecular formula is C16H23N. The van der Waals surface area contributed by atoms with E-state index in [0.29, 0.717) is 0 Å². The number of nitrogens with one attached hydrogen (secondary N) is 1. The fourth-order valence-corrected chi connectivity index (χ4v) is 1.24. The molecule has 1 nitrogen and oxygen atoms in total. The van der Waals surface area contributed by atoms with Crippen LogP contribution in [0.5, 0.6) is 0 Å². The van der Waals surface area contributed by atoms with Gasteiger partial charge in [0.05, 0.1) is 0 Å². The van der Waals surface area contributed by atoms with Crippen molar-refractivity contribution in [3.05, 3.63) is 72.5 Å². The summed E-state index contributed by atoms with van der Waals surface area (Å²) in [7, 11) is 1.88. The van der Waals surface area contributed by atoms with Gasteiger partial charge in [0.15, 0.2) is 0 Å². The maximum Gasteiger partial charge on any atom is 0.0334 e. The topological polar surface area (TPSA) is 12.0 Å². The Morgan fingerprint density at radius 2 is 1.94 bits per heavy atom. The first-order valence-electron chi connectivity index (χ1n) is 5.95. The van der Waals surface area contributed by atoms with Crippen molar-refractivity contribution < 1.29 is 0 Å². The van der Waals surface area contributed by atoms with Crippen LogP contribution in [0.1, 0.15) is 19.4 Å². The van der Waals surface area contributed by atoms with E-state index in [1.165, 1.54) is 5.56 Å². The Morgan fingerprint density at radius 3 is 2.29 bits per heavy atom. The van der Waals surface area contributed by atoms with Crippen molar-refractivity contribution in [2.75, 3.05) is 7.05 Å². The van der Waals surface area contributed by atoms with Crippen molar-refractivity contribution in [2.24, 2.45) is 0 Å². The minimum Gasteiger partial charge on any atom is -0.388 e. The summed E-state index contributed by atoms with van der Waals surface area (Å²) >= 11 is 0. The molecule has 0 bridgehead atoms. The van der Waals surface area contributed by atoms with Gasteiger partial charge < -0.3 is 5.32 Å². The second kappa shape index (κ2) is 10.7. The zero-order valence-corrected chi connectivity index (χ0v) is 11.1. The van der Waals surface area contributed by atoms with E-state index in [0.717, 1.165) is 12.1 Å². The van der Waals surface area contributed by atoms with Gasteiger partial charge in [0.25, 0.3) is 0 Å². The van der Waals surface area contributed by atoms with Crippen LogP contribution >= 0.6 is 0 Å². The van der Waals surface area contributed by atoms with E-state index in [1.807, 2.05) is 38.3 Å². The first-order valence-corrected chi connectivity index (χ1v) is 5.95. The second-order valence-electron chi connectivity index (χ2n) is 3.45. The van der Waals surface area contributed by atoms with Crippen molar-refractivity contribution in [2.45, 2.75) is 20.3 Å². The summed E-state index contributed by atoms with van der Waals surface area (Å²) in [5, 5.41) is 3.01. The summed E-state index contributed by atoms with van der Waals surface area (Å²) in [6.45, 7) is 7.72. The molecule has 1 N–H and O–H groups in total. The van der Waals surface area contributed by atoms with Crippen LogP contribution in [-0.4, -0.2) is 7.05 Å². The van der Waals surface area contributed by atoms with Gasteiger partial charge in [-0.2, -0.15) is 0 Å². The van der Waals surface area contributed by atoms with Gasteiger partial charge in [-0.1, -0.05) is 56.0 Å². The third-order valence-corrected chi connectivity index (χ3v) is 2.18. The van der Waals surface area contributed by atoms with Crippen LogP contribution in [0.2, 0.25) is 0 Å². The number of aryl methyl sites for hydroxylation is 1. The Balaban J connectivity index is 0.000000302. The summed E-state index contributed by atoms with van der Waals surface area (Å²) in [4.78, 5) is 0. The van der Waals surface area contributed by atoms with Crippen LogP contribution in [0.15, 0.2) is 66.9 Å². The largest absolute Gasteiger partial charge is 0.388 e. The van der Waals surface area contributed by atoms with E-state index in [9.17, 15) is 0 Å². The molecule has 1 aromatic carbocycles. The van der Waals surface area contributed by atoms with Gasteiger partial charge in [0, 0.05) is 12.7 Å². The summed E-state index contributed by atoms with van der Waals surface area (Å²) in [6, 6.07) is 10.5. The Hall–Kier alpha value is -1.76. The summed E-state index contributed by atoms with van der Waals surface area (Å²) in [5.74, 6) is 0. The van der Waals surface area contributed by atoms with E-state index in [1.54, 1.807) is 6.08 Å². The molecule has 0 aromatic heterocycles. The van der Waals surface area contributed by atoms with Crippen LogP contribution in [0.3, 0.4) is 0 Å².